The summed E-state index contributed by atoms with van der Waals surface area (Å²) in [6.45, 7) is 2.37. The standard InChI is InChI=1S/C29H28N4O3S/c1-2-19-9-13-22(14-10-19)30-26(34)18-37-29-32-25-6-4-3-5-24(25)28(36)33(29)17-20-7-11-21(12-8-20)27(35)31-23-15-16-23/h3-14,23H,2,15-18H2,1H3,(H,30,34)(H,31,35). The lowest BCUT2D eigenvalue weighted by atomic mass is 10.1. The van der Waals surface area contributed by atoms with Crippen molar-refractivity contribution in [2.45, 2.75) is 43.9 Å². The van der Waals surface area contributed by atoms with Gasteiger partial charge in [0, 0.05) is 17.3 Å². The molecule has 0 atom stereocenters. The maximum atomic E-state index is 13.4. The second kappa shape index (κ2) is 11.0. The molecule has 1 heterocycles. The number of thioether (sulfide) groups is 1. The Morgan fingerprint density at radius 2 is 1.68 bits per heavy atom. The summed E-state index contributed by atoms with van der Waals surface area (Å²) in [5.74, 6) is -0.139. The van der Waals surface area contributed by atoms with E-state index in [-0.39, 0.29) is 29.7 Å². The number of carbonyl (C=O) groups is 2. The maximum absolute atomic E-state index is 13.4. The van der Waals surface area contributed by atoms with Gasteiger partial charge in [0.25, 0.3) is 11.5 Å². The van der Waals surface area contributed by atoms with E-state index in [2.05, 4.69) is 17.6 Å². The van der Waals surface area contributed by atoms with Gasteiger partial charge in [-0.25, -0.2) is 4.98 Å². The smallest absolute Gasteiger partial charge is 0.262 e. The molecule has 1 saturated carbocycles. The van der Waals surface area contributed by atoms with Crippen LogP contribution in [0.25, 0.3) is 10.9 Å². The summed E-state index contributed by atoms with van der Waals surface area (Å²) in [6, 6.07) is 22.5. The van der Waals surface area contributed by atoms with E-state index < -0.39 is 0 Å². The third-order valence-electron chi connectivity index (χ3n) is 6.27. The minimum absolute atomic E-state index is 0.0785. The molecule has 3 aromatic carbocycles. The molecule has 0 radical (unpaired) electrons. The number of carbonyl (C=O) groups excluding carboxylic acids is 2. The van der Waals surface area contributed by atoms with Gasteiger partial charge >= 0.3 is 0 Å². The summed E-state index contributed by atoms with van der Waals surface area (Å²) in [5.41, 5.74) is 3.82. The number of rotatable bonds is 9. The lowest BCUT2D eigenvalue weighted by Gasteiger charge is -2.14. The average Bonchev–Trinajstić information content (AvgIpc) is 3.74. The van der Waals surface area contributed by atoms with E-state index in [0.29, 0.717) is 27.7 Å². The molecule has 5 rings (SSSR count). The fourth-order valence-electron chi connectivity index (χ4n) is 3.99. The minimum Gasteiger partial charge on any atom is -0.349 e. The van der Waals surface area contributed by atoms with Crippen molar-refractivity contribution < 1.29 is 9.59 Å². The molecule has 0 unspecified atom stereocenters. The quantitative estimate of drug-likeness (QED) is 0.252. The molecule has 188 valence electrons. The Labute approximate surface area is 219 Å². The molecule has 1 aliphatic carbocycles. The summed E-state index contributed by atoms with van der Waals surface area (Å²) >= 11 is 1.23. The Kier molecular flexibility index (Phi) is 7.37. The predicted octanol–water partition coefficient (Wildman–Crippen LogP) is 4.63. The van der Waals surface area contributed by atoms with Gasteiger partial charge in [-0.1, -0.05) is 55.1 Å². The Morgan fingerprint density at radius 3 is 2.38 bits per heavy atom. The Bertz CT molecular complexity index is 1490. The van der Waals surface area contributed by atoms with Gasteiger partial charge in [0.2, 0.25) is 5.91 Å². The maximum Gasteiger partial charge on any atom is 0.262 e. The summed E-state index contributed by atoms with van der Waals surface area (Å²) in [7, 11) is 0. The molecular weight excluding hydrogens is 484 g/mol. The highest BCUT2D eigenvalue weighted by Gasteiger charge is 2.23. The summed E-state index contributed by atoms with van der Waals surface area (Å²) in [6.07, 6.45) is 3.00. The summed E-state index contributed by atoms with van der Waals surface area (Å²) in [4.78, 5) is 43.1. The molecule has 37 heavy (non-hydrogen) atoms. The van der Waals surface area contributed by atoms with Crippen LogP contribution < -0.4 is 16.2 Å². The number of nitrogens with zero attached hydrogens (tertiary/aromatic N) is 2. The number of hydrogen-bond acceptors (Lipinski definition) is 5. The molecule has 2 N–H and O–H groups in total. The van der Waals surface area contributed by atoms with E-state index in [1.807, 2.05) is 48.5 Å². The van der Waals surface area contributed by atoms with E-state index in [1.165, 1.54) is 17.3 Å². The number of aromatic nitrogens is 2. The summed E-state index contributed by atoms with van der Waals surface area (Å²) in [5, 5.41) is 6.88. The average molecular weight is 513 g/mol. The molecule has 1 fully saturated rings. The molecule has 1 aromatic heterocycles. The molecule has 0 spiro atoms. The Morgan fingerprint density at radius 1 is 0.973 bits per heavy atom. The number of nitrogens with one attached hydrogen (secondary N) is 2. The van der Waals surface area contributed by atoms with Crippen LogP contribution in [0.1, 0.15) is 41.3 Å². The number of benzene rings is 3. The Balaban J connectivity index is 1.34. The topological polar surface area (TPSA) is 93.1 Å². The van der Waals surface area contributed by atoms with Gasteiger partial charge in [-0.3, -0.25) is 19.0 Å². The number of fused-ring (bicyclic) bond motifs is 1. The van der Waals surface area contributed by atoms with Crippen molar-refractivity contribution in [1.29, 1.82) is 0 Å². The second-order valence-corrected chi connectivity index (χ2v) is 10.1. The van der Waals surface area contributed by atoms with Gasteiger partial charge in [0.15, 0.2) is 5.16 Å². The van der Waals surface area contributed by atoms with E-state index >= 15 is 0 Å². The van der Waals surface area contributed by atoms with E-state index in [9.17, 15) is 14.4 Å². The molecule has 1 aliphatic rings. The number of aryl methyl sites for hydroxylation is 1. The van der Waals surface area contributed by atoms with Gasteiger partial charge in [0.05, 0.1) is 23.2 Å². The zero-order valence-electron chi connectivity index (χ0n) is 20.6. The van der Waals surface area contributed by atoms with Crippen molar-refractivity contribution >= 4 is 40.2 Å². The molecule has 0 bridgehead atoms. The third kappa shape index (κ3) is 6.09. The van der Waals surface area contributed by atoms with Crippen molar-refractivity contribution in [2.75, 3.05) is 11.1 Å². The van der Waals surface area contributed by atoms with Gasteiger partial charge in [0.1, 0.15) is 0 Å². The van der Waals surface area contributed by atoms with Crippen LogP contribution in [-0.2, 0) is 17.8 Å². The first-order chi connectivity index (χ1) is 18.0. The fraction of sp³-hybridized carbons (Fsp3) is 0.241. The number of anilines is 1. The van der Waals surface area contributed by atoms with Crippen molar-refractivity contribution in [3.05, 3.63) is 99.8 Å². The molecule has 2 amide bonds. The van der Waals surface area contributed by atoms with Crippen molar-refractivity contribution in [3.8, 4) is 0 Å². The highest BCUT2D eigenvalue weighted by atomic mass is 32.2. The van der Waals surface area contributed by atoms with Crippen molar-refractivity contribution in [2.24, 2.45) is 0 Å². The molecule has 7 nitrogen and oxygen atoms in total. The molecule has 4 aromatic rings. The highest BCUT2D eigenvalue weighted by Crippen LogP contribution is 2.21. The molecule has 0 saturated heterocycles. The molecular formula is C29H28N4O3S. The van der Waals surface area contributed by atoms with Crippen LogP contribution in [-0.4, -0.2) is 33.2 Å². The lowest BCUT2D eigenvalue weighted by molar-refractivity contribution is -0.113. The van der Waals surface area contributed by atoms with Crippen LogP contribution in [0.2, 0.25) is 0 Å². The number of amides is 2. The predicted molar refractivity (Wildman–Crippen MR) is 147 cm³/mol. The van der Waals surface area contributed by atoms with Gasteiger partial charge < -0.3 is 10.6 Å². The normalized spacial score (nSPS) is 12.9. The van der Waals surface area contributed by atoms with Crippen molar-refractivity contribution in [1.82, 2.24) is 14.9 Å². The first-order valence-corrected chi connectivity index (χ1v) is 13.4. The lowest BCUT2D eigenvalue weighted by Crippen LogP contribution is -2.26. The SMILES string of the molecule is CCc1ccc(NC(=O)CSc2nc3ccccc3c(=O)n2Cc2ccc(C(=O)NC3CC3)cc2)cc1. The second-order valence-electron chi connectivity index (χ2n) is 9.13. The van der Waals surface area contributed by atoms with E-state index in [0.717, 1.165) is 30.5 Å². The first-order valence-electron chi connectivity index (χ1n) is 12.4. The first kappa shape index (κ1) is 24.8. The van der Waals surface area contributed by atoms with E-state index in [4.69, 9.17) is 4.98 Å². The van der Waals surface area contributed by atoms with Crippen LogP contribution in [0.15, 0.2) is 82.7 Å². The zero-order valence-corrected chi connectivity index (χ0v) is 21.4. The number of hydrogen-bond donors (Lipinski definition) is 2. The van der Waals surface area contributed by atoms with Crippen LogP contribution in [0.3, 0.4) is 0 Å². The van der Waals surface area contributed by atoms with Gasteiger partial charge in [-0.05, 0) is 66.8 Å². The largest absolute Gasteiger partial charge is 0.349 e. The third-order valence-corrected chi connectivity index (χ3v) is 7.25. The highest BCUT2D eigenvalue weighted by molar-refractivity contribution is 7.99. The number of para-hydroxylation sites is 1. The summed E-state index contributed by atoms with van der Waals surface area (Å²) < 4.78 is 1.59. The van der Waals surface area contributed by atoms with E-state index in [1.54, 1.807) is 28.8 Å². The fourth-order valence-corrected chi connectivity index (χ4v) is 4.79. The van der Waals surface area contributed by atoms with Crippen LogP contribution in [0, 0.1) is 0 Å². The Hall–Kier alpha value is -3.91. The van der Waals surface area contributed by atoms with Crippen LogP contribution in [0.5, 0.6) is 0 Å². The molecule has 0 aliphatic heterocycles. The van der Waals surface area contributed by atoms with Crippen molar-refractivity contribution in [3.63, 3.8) is 0 Å². The zero-order chi connectivity index (χ0) is 25.8. The van der Waals surface area contributed by atoms with Crippen LogP contribution in [0.4, 0.5) is 5.69 Å². The van der Waals surface area contributed by atoms with Crippen LogP contribution >= 0.6 is 11.8 Å². The van der Waals surface area contributed by atoms with Gasteiger partial charge in [-0.2, -0.15) is 0 Å². The molecule has 8 heteroatoms. The van der Waals surface area contributed by atoms with Gasteiger partial charge in [-0.15, -0.1) is 0 Å². The minimum atomic E-state index is -0.172. The monoisotopic (exact) mass is 512 g/mol.